The molecular formula is C17H18BrN3O3. The van der Waals surface area contributed by atoms with E-state index < -0.39 is 0 Å². The van der Waals surface area contributed by atoms with Crippen LogP contribution in [0.15, 0.2) is 50.6 Å². The molecule has 1 N–H and O–H groups in total. The highest BCUT2D eigenvalue weighted by atomic mass is 79.9. The first kappa shape index (κ1) is 16.7. The van der Waals surface area contributed by atoms with Crippen molar-refractivity contribution < 1.29 is 13.9 Å². The van der Waals surface area contributed by atoms with E-state index in [0.29, 0.717) is 4.67 Å². The van der Waals surface area contributed by atoms with Crippen LogP contribution in [0.1, 0.15) is 23.0 Å². The molecule has 1 fully saturated rings. The molecule has 0 unspecified atom stereocenters. The summed E-state index contributed by atoms with van der Waals surface area (Å²) in [5, 5.41) is 4.13. The average Bonchev–Trinajstić information content (AvgIpc) is 3.07. The Labute approximate surface area is 148 Å². The fourth-order valence-electron chi connectivity index (χ4n) is 2.43. The molecule has 1 saturated heterocycles. The summed E-state index contributed by atoms with van der Waals surface area (Å²) < 4.78 is 11.1. The van der Waals surface area contributed by atoms with Crippen LogP contribution in [-0.4, -0.2) is 37.9 Å². The number of morpholine rings is 1. The van der Waals surface area contributed by atoms with Crippen molar-refractivity contribution in [1.29, 1.82) is 0 Å². The van der Waals surface area contributed by atoms with Gasteiger partial charge < -0.3 is 14.1 Å². The lowest BCUT2D eigenvalue weighted by Crippen LogP contribution is -2.36. The van der Waals surface area contributed by atoms with Crippen LogP contribution in [0.4, 0.5) is 5.69 Å². The van der Waals surface area contributed by atoms with E-state index >= 15 is 0 Å². The number of hydrazone groups is 1. The topological polar surface area (TPSA) is 67.1 Å². The smallest absolute Gasteiger partial charge is 0.307 e. The molecule has 2 heterocycles. The van der Waals surface area contributed by atoms with Crippen molar-refractivity contribution in [1.82, 2.24) is 5.43 Å². The standard InChI is InChI=1S/C17H18BrN3O3/c1-12(19-20-17(22)15-6-7-16(18)24-15)13-2-4-14(5-3-13)21-8-10-23-11-9-21/h2-7H,8-11H2,1H3,(H,20,22)/b19-12-. The third-order valence-corrected chi connectivity index (χ3v) is 4.21. The maximum Gasteiger partial charge on any atom is 0.307 e. The van der Waals surface area contributed by atoms with Crippen LogP contribution in [0, 0.1) is 0 Å². The van der Waals surface area contributed by atoms with Gasteiger partial charge >= 0.3 is 5.91 Å². The number of benzene rings is 1. The SMILES string of the molecule is C/C(=N/NC(=O)c1ccc(Br)o1)c1ccc(N2CCOCC2)cc1. The summed E-state index contributed by atoms with van der Waals surface area (Å²) in [6.45, 7) is 5.18. The predicted molar refractivity (Wildman–Crippen MR) is 95.6 cm³/mol. The van der Waals surface area contributed by atoms with Crippen molar-refractivity contribution in [2.45, 2.75) is 6.92 Å². The number of halogens is 1. The van der Waals surface area contributed by atoms with Gasteiger partial charge in [0.25, 0.3) is 0 Å². The minimum absolute atomic E-state index is 0.209. The van der Waals surface area contributed by atoms with E-state index in [2.05, 4.69) is 43.5 Å². The molecule has 126 valence electrons. The summed E-state index contributed by atoms with van der Waals surface area (Å²) >= 11 is 3.16. The van der Waals surface area contributed by atoms with Gasteiger partial charge in [-0.2, -0.15) is 5.10 Å². The Balaban J connectivity index is 1.63. The zero-order chi connectivity index (χ0) is 16.9. The van der Waals surface area contributed by atoms with E-state index in [1.165, 1.54) is 5.69 Å². The van der Waals surface area contributed by atoms with Gasteiger partial charge in [0.15, 0.2) is 10.4 Å². The van der Waals surface area contributed by atoms with Crippen LogP contribution in [0.25, 0.3) is 0 Å². The van der Waals surface area contributed by atoms with Crippen molar-refractivity contribution in [3.05, 3.63) is 52.4 Å². The van der Waals surface area contributed by atoms with Crippen molar-refractivity contribution in [3.8, 4) is 0 Å². The van der Waals surface area contributed by atoms with Crippen molar-refractivity contribution in [3.63, 3.8) is 0 Å². The summed E-state index contributed by atoms with van der Waals surface area (Å²) in [5.41, 5.74) is 5.34. The molecule has 0 aliphatic carbocycles. The number of carbonyl (C=O) groups excluding carboxylic acids is 1. The molecule has 3 rings (SSSR count). The highest BCUT2D eigenvalue weighted by Crippen LogP contribution is 2.17. The van der Waals surface area contributed by atoms with Crippen molar-refractivity contribution in [2.24, 2.45) is 5.10 Å². The highest BCUT2D eigenvalue weighted by Gasteiger charge is 2.12. The van der Waals surface area contributed by atoms with Gasteiger partial charge in [0, 0.05) is 18.8 Å². The Hall–Kier alpha value is -2.12. The average molecular weight is 392 g/mol. The summed E-state index contributed by atoms with van der Waals surface area (Å²) in [5.74, 6) is -0.175. The van der Waals surface area contributed by atoms with E-state index in [1.54, 1.807) is 12.1 Å². The number of nitrogens with one attached hydrogen (secondary N) is 1. The molecule has 1 aliphatic heterocycles. The van der Waals surface area contributed by atoms with Crippen LogP contribution in [0.5, 0.6) is 0 Å². The molecule has 6 nitrogen and oxygen atoms in total. The summed E-state index contributed by atoms with van der Waals surface area (Å²) in [6.07, 6.45) is 0. The molecule has 1 aliphatic rings. The highest BCUT2D eigenvalue weighted by molar-refractivity contribution is 9.10. The number of furan rings is 1. The normalized spacial score (nSPS) is 15.4. The van der Waals surface area contributed by atoms with Gasteiger partial charge in [-0.3, -0.25) is 4.79 Å². The van der Waals surface area contributed by atoms with E-state index in [1.807, 2.05) is 19.1 Å². The number of nitrogens with zero attached hydrogens (tertiary/aromatic N) is 2. The number of rotatable bonds is 4. The van der Waals surface area contributed by atoms with E-state index in [0.717, 1.165) is 37.6 Å². The number of hydrogen-bond acceptors (Lipinski definition) is 5. The molecule has 0 saturated carbocycles. The first-order valence-corrected chi connectivity index (χ1v) is 8.46. The van der Waals surface area contributed by atoms with Crippen molar-refractivity contribution in [2.75, 3.05) is 31.2 Å². The molecule has 2 aromatic rings. The lowest BCUT2D eigenvalue weighted by atomic mass is 10.1. The molecule has 0 atom stereocenters. The van der Waals surface area contributed by atoms with E-state index in [9.17, 15) is 4.79 Å². The minimum Gasteiger partial charge on any atom is -0.444 e. The third kappa shape index (κ3) is 4.04. The van der Waals surface area contributed by atoms with Gasteiger partial charge in [-0.1, -0.05) is 12.1 Å². The third-order valence-electron chi connectivity index (χ3n) is 3.78. The van der Waals surface area contributed by atoms with Gasteiger partial charge in [0.1, 0.15) is 0 Å². The van der Waals surface area contributed by atoms with E-state index in [-0.39, 0.29) is 11.7 Å². The second kappa shape index (κ2) is 7.63. The molecule has 1 aromatic carbocycles. The monoisotopic (exact) mass is 391 g/mol. The maximum atomic E-state index is 11.9. The summed E-state index contributed by atoms with van der Waals surface area (Å²) in [6, 6.07) is 11.4. The number of anilines is 1. The Bertz CT molecular complexity index is 734. The molecule has 1 amide bonds. The van der Waals surface area contributed by atoms with Crippen LogP contribution in [0.3, 0.4) is 0 Å². The van der Waals surface area contributed by atoms with Crippen LogP contribution in [0.2, 0.25) is 0 Å². The molecule has 0 bridgehead atoms. The van der Waals surface area contributed by atoms with Gasteiger partial charge in [-0.05, 0) is 52.7 Å². The van der Waals surface area contributed by atoms with Gasteiger partial charge in [0.2, 0.25) is 0 Å². The fourth-order valence-corrected chi connectivity index (χ4v) is 2.73. The summed E-state index contributed by atoms with van der Waals surface area (Å²) in [4.78, 5) is 14.2. The minimum atomic E-state index is -0.384. The van der Waals surface area contributed by atoms with E-state index in [4.69, 9.17) is 9.15 Å². The number of ether oxygens (including phenoxy) is 1. The molecule has 7 heteroatoms. The van der Waals surface area contributed by atoms with Gasteiger partial charge in [-0.25, -0.2) is 5.43 Å². The second-order valence-electron chi connectivity index (χ2n) is 5.39. The van der Waals surface area contributed by atoms with Crippen molar-refractivity contribution >= 4 is 33.2 Å². The molecule has 0 radical (unpaired) electrons. The number of amides is 1. The first-order chi connectivity index (χ1) is 11.6. The molecular weight excluding hydrogens is 374 g/mol. The lowest BCUT2D eigenvalue weighted by Gasteiger charge is -2.28. The fraction of sp³-hybridized carbons (Fsp3) is 0.294. The van der Waals surface area contributed by atoms with Gasteiger partial charge in [-0.15, -0.1) is 0 Å². The first-order valence-electron chi connectivity index (χ1n) is 7.66. The molecule has 1 aromatic heterocycles. The largest absolute Gasteiger partial charge is 0.444 e. The Kier molecular flexibility index (Phi) is 5.32. The Morgan fingerprint density at radius 3 is 2.50 bits per heavy atom. The zero-order valence-corrected chi connectivity index (χ0v) is 14.9. The second-order valence-corrected chi connectivity index (χ2v) is 6.17. The quantitative estimate of drug-likeness (QED) is 0.642. The number of carbonyl (C=O) groups is 1. The van der Waals surface area contributed by atoms with Gasteiger partial charge in [0.05, 0.1) is 18.9 Å². The Morgan fingerprint density at radius 2 is 1.88 bits per heavy atom. The lowest BCUT2D eigenvalue weighted by molar-refractivity contribution is 0.0926. The van der Waals surface area contributed by atoms with Crippen LogP contribution < -0.4 is 10.3 Å². The van der Waals surface area contributed by atoms with Crippen LogP contribution in [-0.2, 0) is 4.74 Å². The molecule has 24 heavy (non-hydrogen) atoms. The number of hydrogen-bond donors (Lipinski definition) is 1. The molecule has 0 spiro atoms. The zero-order valence-electron chi connectivity index (χ0n) is 13.3. The van der Waals surface area contributed by atoms with Crippen LogP contribution >= 0.6 is 15.9 Å². The summed E-state index contributed by atoms with van der Waals surface area (Å²) in [7, 11) is 0. The predicted octanol–water partition coefficient (Wildman–Crippen LogP) is 3.03. The Morgan fingerprint density at radius 1 is 1.17 bits per heavy atom. The maximum absolute atomic E-state index is 11.9.